The molecular weight excluding hydrogens is 942 g/mol. The Morgan fingerprint density at radius 1 is 0.419 bits per heavy atom. The van der Waals surface area contributed by atoms with Crippen molar-refractivity contribution < 1.29 is 37.6 Å². The van der Waals surface area contributed by atoms with Gasteiger partial charge in [0.1, 0.15) is 6.61 Å². The van der Waals surface area contributed by atoms with Crippen LogP contribution in [-0.2, 0) is 32.7 Å². The quantitative estimate of drug-likeness (QED) is 0.0264. The summed E-state index contributed by atoms with van der Waals surface area (Å²) in [4.78, 5) is 35.2. The molecule has 0 aliphatic carbocycles. The highest BCUT2D eigenvalue weighted by atomic mass is 31.2. The van der Waals surface area contributed by atoms with Gasteiger partial charge in [0.2, 0.25) is 0 Å². The lowest BCUT2D eigenvalue weighted by Crippen LogP contribution is -2.29. The largest absolute Gasteiger partial charge is 0.472 e. The third kappa shape index (κ3) is 58.7. The number of unbranched alkanes of at least 4 members (excludes halogenated alkanes) is 33. The van der Waals surface area contributed by atoms with Gasteiger partial charge in [-0.25, -0.2) is 4.57 Å². The van der Waals surface area contributed by atoms with Gasteiger partial charge in [-0.3, -0.25) is 18.6 Å². The van der Waals surface area contributed by atoms with E-state index in [4.69, 9.17) is 24.3 Å². The molecule has 0 aromatic carbocycles. The summed E-state index contributed by atoms with van der Waals surface area (Å²) in [5.74, 6) is -0.827. The minimum absolute atomic E-state index is 0.0524. The van der Waals surface area contributed by atoms with Crippen molar-refractivity contribution in [3.05, 3.63) is 72.9 Å². The van der Waals surface area contributed by atoms with Crippen LogP contribution in [0.25, 0.3) is 0 Å². The minimum atomic E-state index is -4.39. The fourth-order valence-corrected chi connectivity index (χ4v) is 9.54. The molecule has 0 aliphatic rings. The Kier molecular flexibility index (Phi) is 57.6. The smallest absolute Gasteiger partial charge is 0.462 e. The molecule has 0 saturated carbocycles. The lowest BCUT2D eigenvalue weighted by Gasteiger charge is -2.19. The molecule has 0 fully saturated rings. The third-order valence-corrected chi connectivity index (χ3v) is 14.3. The van der Waals surface area contributed by atoms with Crippen LogP contribution < -0.4 is 5.73 Å². The number of hydrogen-bond acceptors (Lipinski definition) is 8. The Hall–Kier alpha value is -2.55. The first kappa shape index (κ1) is 71.5. The Morgan fingerprint density at radius 2 is 0.743 bits per heavy atom. The first-order valence-electron chi connectivity index (χ1n) is 30.9. The number of carbonyl (C=O) groups is 2. The van der Waals surface area contributed by atoms with Gasteiger partial charge in [0.25, 0.3) is 0 Å². The van der Waals surface area contributed by atoms with E-state index >= 15 is 0 Å². The molecule has 2 atom stereocenters. The SMILES string of the molecule is CC/C=C\C/C=C\C/C=C\C/C=C\C/C=C\CCCCCCCCCCCCCCCCCCCCCCCC(=O)OC(COC(=O)CCCCCCC/C=C\CCCCCCCCC)COP(=O)(O)OCCN. The maximum Gasteiger partial charge on any atom is 0.472 e. The molecule has 430 valence electrons. The zero-order valence-electron chi connectivity index (χ0n) is 48.1. The number of allylic oxidation sites excluding steroid dienone is 12. The molecule has 3 N–H and O–H groups in total. The minimum Gasteiger partial charge on any atom is -0.462 e. The fraction of sp³-hybridized carbons (Fsp3) is 0.781. The highest BCUT2D eigenvalue weighted by molar-refractivity contribution is 7.47. The standard InChI is InChI=1S/C64H116NO8P/c1-3-5-7-9-11-13-15-17-19-21-22-23-24-25-26-27-28-29-30-31-32-33-34-35-36-37-38-39-40-41-43-45-47-49-51-53-55-57-64(67)73-62(61-72-74(68,69)71-59-58-65)60-70-63(66)56-54-52-50-48-46-44-42-20-18-16-14-12-10-8-6-4-2/h5,7,11,13,17,19-20,22-23,25-26,42,62H,3-4,6,8-10,12,14-16,18,21,24,27-41,43-61,65H2,1-2H3,(H,68,69)/b7-5-,13-11-,19-17-,23-22-,26-25-,42-20-. The Bertz CT molecular complexity index is 1440. The first-order valence-corrected chi connectivity index (χ1v) is 32.4. The van der Waals surface area contributed by atoms with Crippen LogP contribution in [0.15, 0.2) is 72.9 Å². The highest BCUT2D eigenvalue weighted by Gasteiger charge is 2.26. The number of esters is 2. The third-order valence-electron chi connectivity index (χ3n) is 13.3. The summed E-state index contributed by atoms with van der Waals surface area (Å²) < 4.78 is 33.0. The Labute approximate surface area is 456 Å². The molecule has 0 rings (SSSR count). The summed E-state index contributed by atoms with van der Waals surface area (Å²) in [6, 6.07) is 0. The summed E-state index contributed by atoms with van der Waals surface area (Å²) in [6.45, 7) is 3.65. The molecule has 0 spiro atoms. The summed E-state index contributed by atoms with van der Waals surface area (Å²) in [5, 5.41) is 0. The second kappa shape index (κ2) is 59.7. The van der Waals surface area contributed by atoms with Crippen LogP contribution in [0.2, 0.25) is 0 Å². The van der Waals surface area contributed by atoms with E-state index in [0.29, 0.717) is 6.42 Å². The average Bonchev–Trinajstić information content (AvgIpc) is 3.39. The normalized spacial score (nSPS) is 13.5. The molecule has 0 aromatic rings. The topological polar surface area (TPSA) is 134 Å². The van der Waals surface area contributed by atoms with E-state index in [9.17, 15) is 19.0 Å². The van der Waals surface area contributed by atoms with Crippen molar-refractivity contribution in [1.82, 2.24) is 0 Å². The van der Waals surface area contributed by atoms with Crippen molar-refractivity contribution >= 4 is 19.8 Å². The van der Waals surface area contributed by atoms with Crippen molar-refractivity contribution in [2.24, 2.45) is 5.73 Å². The molecule has 2 unspecified atom stereocenters. The maximum absolute atomic E-state index is 12.7. The van der Waals surface area contributed by atoms with Gasteiger partial charge in [0, 0.05) is 19.4 Å². The van der Waals surface area contributed by atoms with Crippen LogP contribution >= 0.6 is 7.82 Å². The number of carbonyl (C=O) groups excluding carboxylic acids is 2. The molecule has 10 heteroatoms. The van der Waals surface area contributed by atoms with Crippen molar-refractivity contribution in [1.29, 1.82) is 0 Å². The summed E-state index contributed by atoms with van der Waals surface area (Å²) >= 11 is 0. The van der Waals surface area contributed by atoms with E-state index in [1.54, 1.807) is 0 Å². The van der Waals surface area contributed by atoms with Gasteiger partial charge in [-0.05, 0) is 83.5 Å². The molecule has 9 nitrogen and oxygen atoms in total. The molecule has 74 heavy (non-hydrogen) atoms. The highest BCUT2D eigenvalue weighted by Crippen LogP contribution is 2.43. The molecule has 0 radical (unpaired) electrons. The first-order chi connectivity index (χ1) is 36.3. The van der Waals surface area contributed by atoms with Crippen LogP contribution in [-0.4, -0.2) is 49.3 Å². The molecule has 0 bridgehead atoms. The fourth-order valence-electron chi connectivity index (χ4n) is 8.78. The lowest BCUT2D eigenvalue weighted by atomic mass is 10.0. The van der Waals surface area contributed by atoms with E-state index in [1.165, 1.54) is 173 Å². The maximum atomic E-state index is 12.7. The van der Waals surface area contributed by atoms with Gasteiger partial charge in [-0.15, -0.1) is 0 Å². The number of phosphoric acid groups is 1. The van der Waals surface area contributed by atoms with Crippen molar-refractivity contribution in [2.45, 2.75) is 296 Å². The Morgan fingerprint density at radius 3 is 1.12 bits per heavy atom. The lowest BCUT2D eigenvalue weighted by molar-refractivity contribution is -0.161. The zero-order chi connectivity index (χ0) is 53.8. The van der Waals surface area contributed by atoms with Gasteiger partial charge >= 0.3 is 19.8 Å². The monoisotopic (exact) mass is 1060 g/mol. The van der Waals surface area contributed by atoms with Gasteiger partial charge < -0.3 is 20.1 Å². The molecule has 0 heterocycles. The molecular formula is C64H116NO8P. The van der Waals surface area contributed by atoms with Crippen LogP contribution in [0.1, 0.15) is 290 Å². The van der Waals surface area contributed by atoms with E-state index in [1.807, 2.05) is 0 Å². The molecule has 0 aliphatic heterocycles. The second-order valence-corrected chi connectivity index (χ2v) is 22.0. The number of rotatable bonds is 58. The van der Waals surface area contributed by atoms with Gasteiger partial charge in [-0.1, -0.05) is 267 Å². The predicted molar refractivity (Wildman–Crippen MR) is 316 cm³/mol. The van der Waals surface area contributed by atoms with E-state index in [-0.39, 0.29) is 38.6 Å². The van der Waals surface area contributed by atoms with Gasteiger partial charge in [0.15, 0.2) is 6.10 Å². The summed E-state index contributed by atoms with van der Waals surface area (Å²) in [6.07, 6.45) is 77.0. The average molecular weight is 1060 g/mol. The van der Waals surface area contributed by atoms with Crippen LogP contribution in [0.5, 0.6) is 0 Å². The zero-order valence-corrected chi connectivity index (χ0v) is 49.0. The number of hydrogen-bond donors (Lipinski definition) is 2. The van der Waals surface area contributed by atoms with Crippen LogP contribution in [0.3, 0.4) is 0 Å². The van der Waals surface area contributed by atoms with Gasteiger partial charge in [0.05, 0.1) is 13.2 Å². The predicted octanol–water partition coefficient (Wildman–Crippen LogP) is 19.7. The number of ether oxygens (including phenoxy) is 2. The van der Waals surface area contributed by atoms with Crippen molar-refractivity contribution in [3.8, 4) is 0 Å². The molecule has 0 amide bonds. The number of nitrogens with two attached hydrogens (primary N) is 1. The van der Waals surface area contributed by atoms with Crippen LogP contribution in [0, 0.1) is 0 Å². The van der Waals surface area contributed by atoms with Gasteiger partial charge in [-0.2, -0.15) is 0 Å². The van der Waals surface area contributed by atoms with E-state index in [0.717, 1.165) is 83.5 Å². The summed E-state index contributed by atoms with van der Waals surface area (Å²) in [5.41, 5.74) is 5.38. The summed E-state index contributed by atoms with van der Waals surface area (Å²) in [7, 11) is -4.39. The van der Waals surface area contributed by atoms with Crippen molar-refractivity contribution in [3.63, 3.8) is 0 Å². The van der Waals surface area contributed by atoms with Crippen LogP contribution in [0.4, 0.5) is 0 Å². The molecule has 0 saturated heterocycles. The second-order valence-electron chi connectivity index (χ2n) is 20.5. The number of phosphoric ester groups is 1. The van der Waals surface area contributed by atoms with E-state index in [2.05, 4.69) is 86.8 Å². The molecule has 0 aromatic heterocycles. The Balaban J connectivity index is 3.83. The van der Waals surface area contributed by atoms with Crippen molar-refractivity contribution in [2.75, 3.05) is 26.4 Å². The van der Waals surface area contributed by atoms with E-state index < -0.39 is 26.5 Å².